The minimum Gasteiger partial charge on any atom is -0.322 e. The molecule has 28 heavy (non-hydrogen) atoms. The van der Waals surface area contributed by atoms with Crippen molar-refractivity contribution in [3.8, 4) is 0 Å². The van der Waals surface area contributed by atoms with E-state index in [0.717, 1.165) is 17.2 Å². The van der Waals surface area contributed by atoms with Gasteiger partial charge in [-0.2, -0.15) is 0 Å². The Balaban J connectivity index is 1.77. The molecule has 5 nitrogen and oxygen atoms in total. The van der Waals surface area contributed by atoms with Crippen LogP contribution in [0.5, 0.6) is 0 Å². The predicted octanol–water partition coefficient (Wildman–Crippen LogP) is 4.50. The number of carbonyl (C=O) groups is 1. The van der Waals surface area contributed by atoms with E-state index in [-0.39, 0.29) is 10.5 Å². The Morgan fingerprint density at radius 2 is 1.50 bits per heavy atom. The van der Waals surface area contributed by atoms with Gasteiger partial charge in [0.25, 0.3) is 15.9 Å². The van der Waals surface area contributed by atoms with E-state index >= 15 is 0 Å². The van der Waals surface area contributed by atoms with Crippen molar-refractivity contribution < 1.29 is 17.6 Å². The van der Waals surface area contributed by atoms with Gasteiger partial charge in [-0.05, 0) is 67.4 Å². The Kier molecular flexibility index (Phi) is 5.46. The van der Waals surface area contributed by atoms with Crippen LogP contribution in [0.1, 0.15) is 21.5 Å². The number of benzene rings is 3. The first-order valence-electron chi connectivity index (χ1n) is 8.52. The number of amides is 1. The van der Waals surface area contributed by atoms with Crippen molar-refractivity contribution in [3.63, 3.8) is 0 Å². The fourth-order valence-electron chi connectivity index (χ4n) is 2.72. The highest BCUT2D eigenvalue weighted by Crippen LogP contribution is 2.24. The summed E-state index contributed by atoms with van der Waals surface area (Å²) in [6, 6.07) is 16.6. The lowest BCUT2D eigenvalue weighted by molar-refractivity contribution is 0.102. The molecule has 2 N–H and O–H groups in total. The topological polar surface area (TPSA) is 75.3 Å². The molecule has 0 aliphatic heterocycles. The molecule has 3 rings (SSSR count). The highest BCUT2D eigenvalue weighted by Gasteiger charge is 2.17. The molecule has 0 atom stereocenters. The van der Waals surface area contributed by atoms with Gasteiger partial charge in [-0.1, -0.05) is 24.3 Å². The number of aryl methyl sites for hydroxylation is 2. The zero-order valence-corrected chi connectivity index (χ0v) is 16.2. The van der Waals surface area contributed by atoms with Crippen LogP contribution in [-0.4, -0.2) is 14.3 Å². The van der Waals surface area contributed by atoms with Crippen LogP contribution in [-0.2, 0) is 10.0 Å². The molecule has 0 saturated heterocycles. The van der Waals surface area contributed by atoms with Crippen LogP contribution < -0.4 is 10.0 Å². The van der Waals surface area contributed by atoms with Gasteiger partial charge in [0.15, 0.2) is 0 Å². The fourth-order valence-corrected chi connectivity index (χ4v) is 3.92. The molecule has 0 heterocycles. The second-order valence-corrected chi connectivity index (χ2v) is 8.04. The highest BCUT2D eigenvalue weighted by molar-refractivity contribution is 7.92. The Labute approximate surface area is 163 Å². The third-order valence-corrected chi connectivity index (χ3v) is 5.59. The smallest absolute Gasteiger partial charge is 0.261 e. The summed E-state index contributed by atoms with van der Waals surface area (Å²) in [5, 5.41) is 2.61. The van der Waals surface area contributed by atoms with E-state index in [9.17, 15) is 17.6 Å². The molecule has 0 radical (unpaired) electrons. The predicted molar refractivity (Wildman–Crippen MR) is 108 cm³/mol. The number of hydrogen-bond acceptors (Lipinski definition) is 3. The molecule has 0 bridgehead atoms. The number of carbonyl (C=O) groups excluding carboxylic acids is 1. The zero-order chi connectivity index (χ0) is 20.3. The van der Waals surface area contributed by atoms with Gasteiger partial charge in [-0.3, -0.25) is 9.52 Å². The van der Waals surface area contributed by atoms with Crippen LogP contribution >= 0.6 is 0 Å². The minimum atomic E-state index is -3.77. The summed E-state index contributed by atoms with van der Waals surface area (Å²) in [6.07, 6.45) is 0. The third kappa shape index (κ3) is 4.37. The molecule has 0 fully saturated rings. The van der Waals surface area contributed by atoms with E-state index in [1.54, 1.807) is 0 Å². The Hall–Kier alpha value is -3.19. The summed E-state index contributed by atoms with van der Waals surface area (Å²) in [7, 11) is -3.77. The number of sulfonamides is 1. The molecule has 144 valence electrons. The van der Waals surface area contributed by atoms with Gasteiger partial charge in [0.05, 0.1) is 10.6 Å². The third-order valence-electron chi connectivity index (χ3n) is 4.23. The second kappa shape index (κ2) is 7.82. The molecule has 0 unspecified atom stereocenters. The summed E-state index contributed by atoms with van der Waals surface area (Å²) in [5.74, 6) is -0.990. The van der Waals surface area contributed by atoms with Crippen LogP contribution in [0.25, 0.3) is 0 Å². The van der Waals surface area contributed by atoms with Gasteiger partial charge in [0, 0.05) is 11.3 Å². The molecule has 1 amide bonds. The van der Waals surface area contributed by atoms with Gasteiger partial charge in [0.1, 0.15) is 5.82 Å². The molecule has 3 aromatic carbocycles. The highest BCUT2D eigenvalue weighted by atomic mass is 32.2. The molecule has 0 aliphatic carbocycles. The second-order valence-electron chi connectivity index (χ2n) is 6.36. The minimum absolute atomic E-state index is 0.0684. The van der Waals surface area contributed by atoms with Gasteiger partial charge in [-0.25, -0.2) is 12.8 Å². The largest absolute Gasteiger partial charge is 0.322 e. The number of hydrogen-bond donors (Lipinski definition) is 2. The first kappa shape index (κ1) is 19.6. The Morgan fingerprint density at radius 3 is 2.11 bits per heavy atom. The molecular weight excluding hydrogens is 379 g/mol. The van der Waals surface area contributed by atoms with Crippen molar-refractivity contribution in [2.24, 2.45) is 0 Å². The van der Waals surface area contributed by atoms with Crippen molar-refractivity contribution in [2.45, 2.75) is 18.7 Å². The van der Waals surface area contributed by atoms with Crippen LogP contribution in [0, 0.1) is 19.7 Å². The van der Waals surface area contributed by atoms with Gasteiger partial charge in [0.2, 0.25) is 0 Å². The molecule has 0 aromatic heterocycles. The van der Waals surface area contributed by atoms with Gasteiger partial charge >= 0.3 is 0 Å². The number of halogens is 1. The molecule has 7 heteroatoms. The first-order chi connectivity index (χ1) is 13.3. The van der Waals surface area contributed by atoms with Crippen molar-refractivity contribution in [3.05, 3.63) is 89.2 Å². The summed E-state index contributed by atoms with van der Waals surface area (Å²) in [6.45, 7) is 3.66. The summed E-state index contributed by atoms with van der Waals surface area (Å²) >= 11 is 0. The number of nitrogens with one attached hydrogen (secondary N) is 2. The molecular formula is C21H19FN2O3S. The number of para-hydroxylation sites is 1. The summed E-state index contributed by atoms with van der Waals surface area (Å²) in [4.78, 5) is 12.2. The Bertz CT molecular complexity index is 1110. The maximum Gasteiger partial charge on any atom is 0.261 e. The van der Waals surface area contributed by atoms with Crippen molar-refractivity contribution in [2.75, 3.05) is 10.0 Å². The lowest BCUT2D eigenvalue weighted by atomic mass is 10.1. The molecule has 0 spiro atoms. The average Bonchev–Trinajstić information content (AvgIpc) is 2.65. The number of rotatable bonds is 5. The standard InChI is InChI=1S/C21H19FN2O3S/c1-14-5-3-6-15(2)20(14)24-28(26,27)19-11-9-18(10-12-19)23-21(25)16-7-4-8-17(22)13-16/h3-13,24H,1-2H3,(H,23,25). The van der Waals surface area contributed by atoms with E-state index in [4.69, 9.17) is 0 Å². The Morgan fingerprint density at radius 1 is 0.893 bits per heavy atom. The van der Waals surface area contributed by atoms with E-state index in [2.05, 4.69) is 10.0 Å². The maximum absolute atomic E-state index is 13.2. The van der Waals surface area contributed by atoms with E-state index in [0.29, 0.717) is 11.4 Å². The van der Waals surface area contributed by atoms with Crippen LogP contribution in [0.15, 0.2) is 71.6 Å². The van der Waals surface area contributed by atoms with Crippen molar-refractivity contribution in [1.82, 2.24) is 0 Å². The van der Waals surface area contributed by atoms with E-state index in [1.807, 2.05) is 32.0 Å². The summed E-state index contributed by atoms with van der Waals surface area (Å²) in [5.41, 5.74) is 2.77. The lowest BCUT2D eigenvalue weighted by Crippen LogP contribution is -2.15. The molecule has 3 aromatic rings. The average molecular weight is 398 g/mol. The van der Waals surface area contributed by atoms with E-state index in [1.165, 1.54) is 42.5 Å². The van der Waals surface area contributed by atoms with Crippen LogP contribution in [0.3, 0.4) is 0 Å². The van der Waals surface area contributed by atoms with Gasteiger partial charge < -0.3 is 5.32 Å². The molecule has 0 aliphatic rings. The summed E-state index contributed by atoms with van der Waals surface area (Å²) < 4.78 is 41.2. The maximum atomic E-state index is 13.2. The van der Waals surface area contributed by atoms with Crippen LogP contribution in [0.4, 0.5) is 15.8 Å². The van der Waals surface area contributed by atoms with Gasteiger partial charge in [-0.15, -0.1) is 0 Å². The van der Waals surface area contributed by atoms with Crippen LogP contribution in [0.2, 0.25) is 0 Å². The molecule has 0 saturated carbocycles. The quantitative estimate of drug-likeness (QED) is 0.665. The lowest BCUT2D eigenvalue weighted by Gasteiger charge is -2.13. The normalized spacial score (nSPS) is 11.1. The van der Waals surface area contributed by atoms with E-state index < -0.39 is 21.7 Å². The van der Waals surface area contributed by atoms with Crippen molar-refractivity contribution >= 4 is 27.3 Å². The monoisotopic (exact) mass is 398 g/mol. The zero-order valence-electron chi connectivity index (χ0n) is 15.4. The number of anilines is 2. The van der Waals surface area contributed by atoms with Crippen molar-refractivity contribution in [1.29, 1.82) is 0 Å². The SMILES string of the molecule is Cc1cccc(C)c1NS(=O)(=O)c1ccc(NC(=O)c2cccc(F)c2)cc1. The first-order valence-corrected chi connectivity index (χ1v) is 10.0. The fraction of sp³-hybridized carbons (Fsp3) is 0.0952.